The van der Waals surface area contributed by atoms with Gasteiger partial charge in [-0.15, -0.1) is 0 Å². The molecule has 0 bridgehead atoms. The second-order valence-electron chi connectivity index (χ2n) is 2.62. The van der Waals surface area contributed by atoms with E-state index in [0.29, 0.717) is 0 Å². The average Bonchev–Trinajstić information content (AvgIpc) is 2.06. The van der Waals surface area contributed by atoms with Gasteiger partial charge in [-0.25, -0.2) is 0 Å². The topological polar surface area (TPSA) is 20.3 Å². The first-order valence-electron chi connectivity index (χ1n) is 3.64. The van der Waals surface area contributed by atoms with E-state index < -0.39 is 15.8 Å². The molecule has 0 heterocycles. The van der Waals surface area contributed by atoms with Gasteiger partial charge in [0.1, 0.15) is 0 Å². The van der Waals surface area contributed by atoms with Crippen molar-refractivity contribution in [3.05, 3.63) is 30.3 Å². The third-order valence-electron chi connectivity index (χ3n) is 1.36. The van der Waals surface area contributed by atoms with Crippen LogP contribution in [0.4, 0.5) is 4.79 Å². The Morgan fingerprint density at radius 2 is 2.33 bits per heavy atom. The molecule has 0 aromatic heterocycles. The molecule has 0 N–H and O–H groups in total. The minimum absolute atomic E-state index is 0.245. The van der Waals surface area contributed by atoms with Gasteiger partial charge in [0.15, 0.2) is 0 Å². The zero-order valence-corrected chi connectivity index (χ0v) is 9.26. The van der Waals surface area contributed by atoms with Crippen LogP contribution in [0.5, 0.6) is 0 Å². The van der Waals surface area contributed by atoms with Crippen molar-refractivity contribution in [2.24, 2.45) is 0 Å². The Bertz CT molecular complexity index is 258. The van der Waals surface area contributed by atoms with E-state index in [-0.39, 0.29) is 4.69 Å². The number of hydrogen-bond acceptors (Lipinski definition) is 1. The van der Waals surface area contributed by atoms with Crippen molar-refractivity contribution in [3.63, 3.8) is 0 Å². The summed E-state index contributed by atoms with van der Waals surface area (Å²) >= 11 is -0.655. The molecular weight excluding hydrogens is 213 g/mol. The van der Waals surface area contributed by atoms with E-state index in [0.717, 1.165) is 4.35 Å². The summed E-state index contributed by atoms with van der Waals surface area (Å²) < 4.78 is 1.38. The van der Waals surface area contributed by atoms with Gasteiger partial charge in [0.2, 0.25) is 0 Å². The maximum atomic E-state index is 11.3. The van der Waals surface area contributed by atoms with Gasteiger partial charge in [0.05, 0.1) is 0 Å². The van der Waals surface area contributed by atoms with Gasteiger partial charge in [-0.3, -0.25) is 0 Å². The van der Waals surface area contributed by atoms with E-state index >= 15 is 0 Å². The van der Waals surface area contributed by atoms with Crippen LogP contribution in [0.1, 0.15) is 0 Å². The summed E-state index contributed by atoms with van der Waals surface area (Å²) in [5.74, 6) is 0. The van der Waals surface area contributed by atoms with E-state index in [9.17, 15) is 4.79 Å². The molecule has 0 fully saturated rings. The van der Waals surface area contributed by atoms with Crippen molar-refractivity contribution in [1.82, 2.24) is 4.90 Å². The van der Waals surface area contributed by atoms with Crippen LogP contribution >= 0.6 is 0 Å². The summed E-state index contributed by atoms with van der Waals surface area (Å²) in [6.07, 6.45) is 0. The van der Waals surface area contributed by atoms with Crippen LogP contribution in [-0.4, -0.2) is 39.4 Å². The molecule has 2 nitrogen and oxygen atoms in total. The van der Waals surface area contributed by atoms with Crippen LogP contribution in [-0.2, 0) is 0 Å². The van der Waals surface area contributed by atoms with Crippen molar-refractivity contribution < 1.29 is 4.79 Å². The van der Waals surface area contributed by atoms with E-state index in [2.05, 4.69) is 6.07 Å². The molecule has 0 aliphatic heterocycles. The molecule has 63 valence electrons. The van der Waals surface area contributed by atoms with Gasteiger partial charge in [-0.1, -0.05) is 0 Å². The molecule has 12 heavy (non-hydrogen) atoms. The van der Waals surface area contributed by atoms with Crippen LogP contribution in [0.25, 0.3) is 0 Å². The normalized spacial score (nSPS) is 10.5. The standard InChI is InChI=1S/C9H11AsNO/c1-11(2)9(12)10-8-6-4-3-5-7-8/h3-4,6-7,10H,1-2H3. The van der Waals surface area contributed by atoms with Crippen LogP contribution in [0.2, 0.25) is 0 Å². The molecule has 0 aliphatic carbocycles. The number of nitrogens with zero attached hydrogens (tertiary/aromatic N) is 1. The second-order valence-corrected chi connectivity index (χ2v) is 5.25. The molecule has 0 saturated carbocycles. The predicted octanol–water partition coefficient (Wildman–Crippen LogP) is 0.230. The van der Waals surface area contributed by atoms with E-state index in [4.69, 9.17) is 0 Å². The van der Waals surface area contributed by atoms with Gasteiger partial charge in [-0.05, 0) is 0 Å². The Labute approximate surface area is 79.3 Å². The first kappa shape index (κ1) is 9.34. The Balaban J connectivity index is 2.59. The Morgan fingerprint density at radius 3 is 2.83 bits per heavy atom. The van der Waals surface area contributed by atoms with Gasteiger partial charge >= 0.3 is 78.9 Å². The molecule has 1 aromatic carbocycles. The molecule has 1 amide bonds. The fraction of sp³-hybridized carbons (Fsp3) is 0.222. The SMILES string of the molecule is CN(C)C(=O)[AsH]c1c[c]ccc1. The average molecular weight is 224 g/mol. The van der Waals surface area contributed by atoms with Crippen molar-refractivity contribution in [2.45, 2.75) is 0 Å². The second kappa shape index (κ2) is 4.32. The molecule has 1 atom stereocenters. The van der Waals surface area contributed by atoms with Crippen molar-refractivity contribution >= 4 is 24.8 Å². The zero-order chi connectivity index (χ0) is 8.97. The number of rotatable bonds is 2. The minimum atomic E-state index is -0.655. The molecule has 1 unspecified atom stereocenters. The summed E-state index contributed by atoms with van der Waals surface area (Å²) in [5.41, 5.74) is 0. The van der Waals surface area contributed by atoms with E-state index in [1.54, 1.807) is 19.0 Å². The summed E-state index contributed by atoms with van der Waals surface area (Å²) in [5, 5.41) is 0. The van der Waals surface area contributed by atoms with E-state index in [1.165, 1.54) is 0 Å². The first-order chi connectivity index (χ1) is 5.70. The monoisotopic (exact) mass is 224 g/mol. The summed E-state index contributed by atoms with van der Waals surface area (Å²) in [7, 11) is 3.58. The van der Waals surface area contributed by atoms with Gasteiger partial charge < -0.3 is 0 Å². The molecular formula is C9H11AsNO. The molecule has 1 radical (unpaired) electrons. The van der Waals surface area contributed by atoms with Gasteiger partial charge in [-0.2, -0.15) is 0 Å². The number of benzene rings is 1. The zero-order valence-electron chi connectivity index (χ0n) is 7.16. The van der Waals surface area contributed by atoms with Crippen molar-refractivity contribution in [2.75, 3.05) is 14.1 Å². The summed E-state index contributed by atoms with van der Waals surface area (Å²) in [6, 6.07) is 10.6. The quantitative estimate of drug-likeness (QED) is 0.658. The molecule has 0 saturated heterocycles. The number of hydrogen-bond donors (Lipinski definition) is 0. The third kappa shape index (κ3) is 2.71. The summed E-state index contributed by atoms with van der Waals surface area (Å²) in [4.78, 5) is 12.9. The molecule has 0 aliphatic rings. The number of carbonyl (C=O) groups excluding carboxylic acids is 1. The van der Waals surface area contributed by atoms with Gasteiger partial charge in [0, 0.05) is 0 Å². The Kier molecular flexibility index (Phi) is 3.36. The van der Waals surface area contributed by atoms with Crippen LogP contribution in [0.15, 0.2) is 24.3 Å². The molecule has 0 spiro atoms. The Hall–Kier alpha value is -0.752. The van der Waals surface area contributed by atoms with Crippen LogP contribution in [0.3, 0.4) is 0 Å². The number of carbonyl (C=O) groups is 1. The molecule has 1 rings (SSSR count). The van der Waals surface area contributed by atoms with E-state index in [1.807, 2.05) is 24.3 Å². The number of amides is 1. The fourth-order valence-electron chi connectivity index (χ4n) is 0.706. The third-order valence-corrected chi connectivity index (χ3v) is 4.01. The fourth-order valence-corrected chi connectivity index (χ4v) is 2.40. The van der Waals surface area contributed by atoms with Crippen molar-refractivity contribution in [1.29, 1.82) is 0 Å². The first-order valence-corrected chi connectivity index (χ1v) is 5.74. The van der Waals surface area contributed by atoms with Crippen LogP contribution < -0.4 is 4.35 Å². The Morgan fingerprint density at radius 1 is 1.58 bits per heavy atom. The predicted molar refractivity (Wildman–Crippen MR) is 51.1 cm³/mol. The summed E-state index contributed by atoms with van der Waals surface area (Å²) in [6.45, 7) is 0. The maximum absolute atomic E-state index is 11.3. The molecule has 1 aromatic rings. The van der Waals surface area contributed by atoms with Crippen LogP contribution in [0, 0.1) is 6.07 Å². The molecule has 3 heteroatoms. The van der Waals surface area contributed by atoms with Crippen molar-refractivity contribution in [3.8, 4) is 0 Å². The van der Waals surface area contributed by atoms with Gasteiger partial charge in [0.25, 0.3) is 0 Å².